The highest BCUT2D eigenvalue weighted by Gasteiger charge is 2.21. The number of aromatic hydroxyl groups is 1. The lowest BCUT2D eigenvalue weighted by Crippen LogP contribution is -2.23. The van der Waals surface area contributed by atoms with Gasteiger partial charge in [0.25, 0.3) is 5.91 Å². The molecule has 6 heteroatoms. The van der Waals surface area contributed by atoms with E-state index in [0.29, 0.717) is 17.7 Å². The molecular formula is C17H15ClN2O3. The first-order valence-corrected chi connectivity index (χ1v) is 7.63. The SMILES string of the molecule is O=C(Nc1ccc(N2CCCC2=O)cc1)c1ccc(O)c(Cl)c1. The van der Waals surface area contributed by atoms with Crippen LogP contribution in [0.3, 0.4) is 0 Å². The molecule has 0 aliphatic carbocycles. The van der Waals surface area contributed by atoms with E-state index < -0.39 is 0 Å². The zero-order valence-electron chi connectivity index (χ0n) is 12.3. The minimum absolute atomic E-state index is 0.0668. The van der Waals surface area contributed by atoms with E-state index in [1.165, 1.54) is 18.2 Å². The van der Waals surface area contributed by atoms with E-state index in [1.54, 1.807) is 17.0 Å². The fourth-order valence-corrected chi connectivity index (χ4v) is 2.68. The lowest BCUT2D eigenvalue weighted by molar-refractivity contribution is -0.117. The Kier molecular flexibility index (Phi) is 4.21. The van der Waals surface area contributed by atoms with Crippen LogP contribution in [0.25, 0.3) is 0 Å². The summed E-state index contributed by atoms with van der Waals surface area (Å²) in [7, 11) is 0. The van der Waals surface area contributed by atoms with Crippen LogP contribution in [0.5, 0.6) is 5.75 Å². The summed E-state index contributed by atoms with van der Waals surface area (Å²) in [5.41, 5.74) is 1.80. The summed E-state index contributed by atoms with van der Waals surface area (Å²) in [5.74, 6) is -0.264. The van der Waals surface area contributed by atoms with Gasteiger partial charge in [0, 0.05) is 29.9 Å². The highest BCUT2D eigenvalue weighted by atomic mass is 35.5. The van der Waals surface area contributed by atoms with Gasteiger partial charge in [-0.05, 0) is 48.9 Å². The molecule has 2 aromatic carbocycles. The fraction of sp³-hybridized carbons (Fsp3) is 0.176. The first kappa shape index (κ1) is 15.4. The number of halogens is 1. The summed E-state index contributed by atoms with van der Waals surface area (Å²) < 4.78 is 0. The third-order valence-corrected chi connectivity index (χ3v) is 4.02. The van der Waals surface area contributed by atoms with Crippen LogP contribution < -0.4 is 10.2 Å². The van der Waals surface area contributed by atoms with E-state index in [9.17, 15) is 14.7 Å². The molecule has 0 unspecified atom stereocenters. The van der Waals surface area contributed by atoms with Gasteiger partial charge in [-0.15, -0.1) is 0 Å². The molecule has 1 heterocycles. The van der Waals surface area contributed by atoms with Gasteiger partial charge in [0.15, 0.2) is 0 Å². The first-order valence-electron chi connectivity index (χ1n) is 7.25. The Labute approximate surface area is 138 Å². The van der Waals surface area contributed by atoms with E-state index in [4.69, 9.17) is 11.6 Å². The number of amides is 2. The largest absolute Gasteiger partial charge is 0.506 e. The van der Waals surface area contributed by atoms with E-state index in [-0.39, 0.29) is 22.6 Å². The summed E-state index contributed by atoms with van der Waals surface area (Å²) in [6.45, 7) is 0.733. The maximum Gasteiger partial charge on any atom is 0.255 e. The Morgan fingerprint density at radius 3 is 2.52 bits per heavy atom. The average molecular weight is 331 g/mol. The Morgan fingerprint density at radius 1 is 1.17 bits per heavy atom. The molecule has 0 spiro atoms. The molecule has 0 atom stereocenters. The number of rotatable bonds is 3. The Morgan fingerprint density at radius 2 is 1.91 bits per heavy atom. The van der Waals surface area contributed by atoms with Crippen LogP contribution in [0, 0.1) is 0 Å². The molecule has 1 saturated heterocycles. The summed E-state index contributed by atoms with van der Waals surface area (Å²) in [5, 5.41) is 12.3. The van der Waals surface area contributed by atoms with Gasteiger partial charge in [0.1, 0.15) is 5.75 Å². The highest BCUT2D eigenvalue weighted by Crippen LogP contribution is 2.25. The van der Waals surface area contributed by atoms with Crippen LogP contribution in [-0.2, 0) is 4.79 Å². The smallest absolute Gasteiger partial charge is 0.255 e. The van der Waals surface area contributed by atoms with Gasteiger partial charge in [0.05, 0.1) is 5.02 Å². The van der Waals surface area contributed by atoms with Crippen molar-refractivity contribution in [1.82, 2.24) is 0 Å². The van der Waals surface area contributed by atoms with E-state index in [1.807, 2.05) is 12.1 Å². The average Bonchev–Trinajstić information content (AvgIpc) is 2.97. The van der Waals surface area contributed by atoms with Gasteiger partial charge in [-0.2, -0.15) is 0 Å². The minimum Gasteiger partial charge on any atom is -0.506 e. The van der Waals surface area contributed by atoms with Crippen molar-refractivity contribution in [3.05, 3.63) is 53.1 Å². The van der Waals surface area contributed by atoms with Gasteiger partial charge < -0.3 is 15.3 Å². The van der Waals surface area contributed by atoms with Crippen LogP contribution in [0.15, 0.2) is 42.5 Å². The lowest BCUT2D eigenvalue weighted by Gasteiger charge is -2.16. The predicted octanol–water partition coefficient (Wildman–Crippen LogP) is 3.42. The number of carbonyl (C=O) groups excluding carboxylic acids is 2. The standard InChI is InChI=1S/C17H15ClN2O3/c18-14-10-11(3-8-15(14)21)17(23)19-12-4-6-13(7-5-12)20-9-1-2-16(20)22/h3-8,10,21H,1-2,9H2,(H,19,23). The second-order valence-electron chi connectivity index (χ2n) is 5.32. The molecule has 1 aliphatic rings. The van der Waals surface area contributed by atoms with Crippen LogP contribution >= 0.6 is 11.6 Å². The van der Waals surface area contributed by atoms with Gasteiger partial charge >= 0.3 is 0 Å². The van der Waals surface area contributed by atoms with Crippen LogP contribution in [-0.4, -0.2) is 23.5 Å². The molecule has 3 rings (SSSR count). The number of hydrogen-bond acceptors (Lipinski definition) is 3. The van der Waals surface area contributed by atoms with Crippen LogP contribution in [0.4, 0.5) is 11.4 Å². The zero-order valence-corrected chi connectivity index (χ0v) is 13.0. The molecule has 1 fully saturated rings. The number of phenols is 1. The lowest BCUT2D eigenvalue weighted by atomic mass is 10.2. The van der Waals surface area contributed by atoms with Gasteiger partial charge in [0.2, 0.25) is 5.91 Å². The normalized spacial score (nSPS) is 14.1. The van der Waals surface area contributed by atoms with Crippen molar-refractivity contribution in [3.63, 3.8) is 0 Å². The number of hydrogen-bond donors (Lipinski definition) is 2. The molecule has 0 radical (unpaired) electrons. The molecule has 2 aromatic rings. The number of carbonyl (C=O) groups is 2. The van der Waals surface area contributed by atoms with Crippen molar-refractivity contribution in [1.29, 1.82) is 0 Å². The minimum atomic E-state index is -0.322. The van der Waals surface area contributed by atoms with Gasteiger partial charge in [-0.3, -0.25) is 9.59 Å². The molecule has 118 valence electrons. The molecule has 2 amide bonds. The molecular weight excluding hydrogens is 316 g/mol. The third kappa shape index (κ3) is 3.29. The second-order valence-corrected chi connectivity index (χ2v) is 5.72. The molecule has 1 aliphatic heterocycles. The Bertz CT molecular complexity index is 759. The third-order valence-electron chi connectivity index (χ3n) is 3.72. The number of nitrogens with zero attached hydrogens (tertiary/aromatic N) is 1. The molecule has 5 nitrogen and oxygen atoms in total. The molecule has 2 N–H and O–H groups in total. The van der Waals surface area contributed by atoms with Crippen molar-refractivity contribution in [3.8, 4) is 5.75 Å². The van der Waals surface area contributed by atoms with Crippen molar-refractivity contribution < 1.29 is 14.7 Å². The molecule has 0 saturated carbocycles. The van der Waals surface area contributed by atoms with Crippen molar-refractivity contribution in [2.24, 2.45) is 0 Å². The molecule has 0 bridgehead atoms. The maximum absolute atomic E-state index is 12.2. The number of phenolic OH excluding ortho intramolecular Hbond substituents is 1. The zero-order chi connectivity index (χ0) is 16.4. The van der Waals surface area contributed by atoms with E-state index in [2.05, 4.69) is 5.32 Å². The Hall–Kier alpha value is -2.53. The predicted molar refractivity (Wildman–Crippen MR) is 89.1 cm³/mol. The van der Waals surface area contributed by atoms with Crippen molar-refractivity contribution in [2.75, 3.05) is 16.8 Å². The monoisotopic (exact) mass is 330 g/mol. The van der Waals surface area contributed by atoms with Crippen molar-refractivity contribution >= 4 is 34.8 Å². The summed E-state index contributed by atoms with van der Waals surface area (Å²) in [6, 6.07) is 11.4. The number of anilines is 2. The van der Waals surface area contributed by atoms with Crippen molar-refractivity contribution in [2.45, 2.75) is 12.8 Å². The summed E-state index contributed by atoms with van der Waals surface area (Å²) >= 11 is 5.80. The quantitative estimate of drug-likeness (QED) is 0.906. The maximum atomic E-state index is 12.2. The number of nitrogens with one attached hydrogen (secondary N) is 1. The van der Waals surface area contributed by atoms with Gasteiger partial charge in [-0.25, -0.2) is 0 Å². The summed E-state index contributed by atoms with van der Waals surface area (Å²) in [4.78, 5) is 25.6. The first-order chi connectivity index (χ1) is 11.0. The van der Waals surface area contributed by atoms with Crippen LogP contribution in [0.2, 0.25) is 5.02 Å². The van der Waals surface area contributed by atoms with E-state index in [0.717, 1.165) is 18.7 Å². The van der Waals surface area contributed by atoms with Gasteiger partial charge in [-0.1, -0.05) is 11.6 Å². The second kappa shape index (κ2) is 6.30. The molecule has 0 aromatic heterocycles. The highest BCUT2D eigenvalue weighted by molar-refractivity contribution is 6.32. The fourth-order valence-electron chi connectivity index (χ4n) is 2.50. The summed E-state index contributed by atoms with van der Waals surface area (Å²) in [6.07, 6.45) is 1.46. The molecule has 23 heavy (non-hydrogen) atoms. The van der Waals surface area contributed by atoms with Crippen LogP contribution in [0.1, 0.15) is 23.2 Å². The van der Waals surface area contributed by atoms with E-state index >= 15 is 0 Å². The number of benzene rings is 2. The Balaban J connectivity index is 1.71. The topological polar surface area (TPSA) is 69.6 Å².